The molecule has 0 fully saturated rings. The third kappa shape index (κ3) is 4.72. The van der Waals surface area contributed by atoms with Gasteiger partial charge in [0, 0.05) is 28.7 Å². The summed E-state index contributed by atoms with van der Waals surface area (Å²) in [5.41, 5.74) is 3.17. The van der Waals surface area contributed by atoms with Gasteiger partial charge in [0.25, 0.3) is 0 Å². The number of aliphatic hydroxyl groups excluding tert-OH is 1. The molecule has 1 unspecified atom stereocenters. The van der Waals surface area contributed by atoms with Crippen LogP contribution in [0.2, 0.25) is 10.0 Å². The van der Waals surface area contributed by atoms with Gasteiger partial charge in [0.15, 0.2) is 0 Å². The Bertz CT molecular complexity index is 584. The molecule has 0 aliphatic rings. The zero-order valence-electron chi connectivity index (χ0n) is 11.9. The molecule has 112 valence electrons. The Morgan fingerprint density at radius 1 is 1.05 bits per heavy atom. The summed E-state index contributed by atoms with van der Waals surface area (Å²) in [6.07, 6.45) is 0.366. The normalized spacial score (nSPS) is 12.4. The zero-order chi connectivity index (χ0) is 15.2. The molecule has 0 radical (unpaired) electrons. The molecule has 0 aromatic heterocycles. The Labute approximate surface area is 135 Å². The van der Waals surface area contributed by atoms with Crippen molar-refractivity contribution in [1.29, 1.82) is 0 Å². The predicted molar refractivity (Wildman–Crippen MR) is 88.9 cm³/mol. The quantitative estimate of drug-likeness (QED) is 0.826. The molecule has 4 heteroatoms. The van der Waals surface area contributed by atoms with E-state index in [1.165, 1.54) is 11.1 Å². The van der Waals surface area contributed by atoms with E-state index in [-0.39, 0.29) is 0 Å². The molecule has 2 aromatic rings. The van der Waals surface area contributed by atoms with Crippen LogP contribution in [0.3, 0.4) is 0 Å². The molecule has 1 atom stereocenters. The summed E-state index contributed by atoms with van der Waals surface area (Å²) >= 11 is 12.0. The first-order chi connectivity index (χ1) is 10.1. The Morgan fingerprint density at radius 2 is 1.71 bits per heavy atom. The van der Waals surface area contributed by atoms with Gasteiger partial charge in [-0.15, -0.1) is 0 Å². The maximum Gasteiger partial charge on any atom is 0.0929 e. The molecule has 0 aliphatic carbocycles. The van der Waals surface area contributed by atoms with Crippen molar-refractivity contribution < 1.29 is 5.11 Å². The van der Waals surface area contributed by atoms with Crippen LogP contribution in [-0.4, -0.2) is 11.7 Å². The summed E-state index contributed by atoms with van der Waals surface area (Å²) in [4.78, 5) is 0. The molecular formula is C17H19Cl2NO. The Balaban J connectivity index is 1.88. The van der Waals surface area contributed by atoms with Crippen molar-refractivity contribution in [2.45, 2.75) is 26.0 Å². The van der Waals surface area contributed by atoms with E-state index >= 15 is 0 Å². The lowest BCUT2D eigenvalue weighted by Crippen LogP contribution is -2.21. The first-order valence-electron chi connectivity index (χ1n) is 7.01. The second kappa shape index (κ2) is 7.81. The smallest absolute Gasteiger partial charge is 0.0929 e. The van der Waals surface area contributed by atoms with E-state index in [1.807, 2.05) is 0 Å². The van der Waals surface area contributed by atoms with E-state index in [0.717, 1.165) is 6.42 Å². The molecule has 0 amide bonds. The number of rotatable bonds is 6. The predicted octanol–water partition coefficient (Wildman–Crippen LogP) is 4.38. The molecule has 0 saturated carbocycles. The van der Waals surface area contributed by atoms with E-state index in [4.69, 9.17) is 23.2 Å². The minimum Gasteiger partial charge on any atom is -0.387 e. The van der Waals surface area contributed by atoms with Crippen LogP contribution < -0.4 is 5.32 Å². The van der Waals surface area contributed by atoms with Crippen LogP contribution in [0.5, 0.6) is 0 Å². The second-order valence-electron chi connectivity index (χ2n) is 4.98. The fraction of sp³-hybridized carbons (Fsp3) is 0.294. The SMILES string of the molecule is CCc1ccc(CNCC(O)c2cc(Cl)ccc2Cl)cc1. The fourth-order valence-electron chi connectivity index (χ4n) is 2.13. The molecule has 2 N–H and O–H groups in total. The molecule has 2 rings (SSSR count). The molecule has 2 nitrogen and oxygen atoms in total. The van der Waals surface area contributed by atoms with E-state index in [9.17, 15) is 5.11 Å². The molecule has 21 heavy (non-hydrogen) atoms. The molecule has 0 bridgehead atoms. The number of aliphatic hydroxyl groups is 1. The molecule has 0 aliphatic heterocycles. The number of halogens is 2. The summed E-state index contributed by atoms with van der Waals surface area (Å²) in [5.74, 6) is 0. The minimum absolute atomic E-state index is 0.426. The largest absolute Gasteiger partial charge is 0.387 e. The van der Waals surface area contributed by atoms with Crippen LogP contribution in [0.25, 0.3) is 0 Å². The Morgan fingerprint density at radius 3 is 2.38 bits per heavy atom. The van der Waals surface area contributed by atoms with Crippen molar-refractivity contribution in [3.8, 4) is 0 Å². The van der Waals surface area contributed by atoms with Gasteiger partial charge < -0.3 is 10.4 Å². The van der Waals surface area contributed by atoms with Crippen molar-refractivity contribution >= 4 is 23.2 Å². The van der Waals surface area contributed by atoms with E-state index in [2.05, 4.69) is 36.5 Å². The van der Waals surface area contributed by atoms with E-state index in [1.54, 1.807) is 18.2 Å². The molecule has 0 saturated heterocycles. The van der Waals surface area contributed by atoms with Crippen LogP contribution in [0.4, 0.5) is 0 Å². The van der Waals surface area contributed by atoms with Gasteiger partial charge in [-0.3, -0.25) is 0 Å². The van der Waals surface area contributed by atoms with Crippen LogP contribution in [0, 0.1) is 0 Å². The monoisotopic (exact) mass is 323 g/mol. The third-order valence-electron chi connectivity index (χ3n) is 3.42. The molecule has 0 spiro atoms. The molecular weight excluding hydrogens is 305 g/mol. The van der Waals surface area contributed by atoms with Crippen LogP contribution >= 0.6 is 23.2 Å². The Hall–Kier alpha value is -1.06. The summed E-state index contributed by atoms with van der Waals surface area (Å²) in [6.45, 7) is 3.27. The van der Waals surface area contributed by atoms with Gasteiger partial charge in [0.1, 0.15) is 0 Å². The average Bonchev–Trinajstić information content (AvgIpc) is 2.50. The summed E-state index contributed by atoms with van der Waals surface area (Å²) in [5, 5.41) is 14.5. The van der Waals surface area contributed by atoms with Crippen LogP contribution in [0.15, 0.2) is 42.5 Å². The lowest BCUT2D eigenvalue weighted by molar-refractivity contribution is 0.174. The highest BCUT2D eigenvalue weighted by Gasteiger charge is 2.11. The van der Waals surface area contributed by atoms with Gasteiger partial charge in [0.05, 0.1) is 6.10 Å². The van der Waals surface area contributed by atoms with Crippen molar-refractivity contribution in [2.75, 3.05) is 6.54 Å². The molecule has 0 heterocycles. The second-order valence-corrected chi connectivity index (χ2v) is 5.83. The number of hydrogen-bond donors (Lipinski definition) is 2. The number of benzene rings is 2. The maximum absolute atomic E-state index is 10.2. The molecule has 2 aromatic carbocycles. The number of nitrogens with one attached hydrogen (secondary N) is 1. The number of aryl methyl sites for hydroxylation is 1. The van der Waals surface area contributed by atoms with Gasteiger partial charge in [0.2, 0.25) is 0 Å². The van der Waals surface area contributed by atoms with Crippen molar-refractivity contribution in [2.24, 2.45) is 0 Å². The summed E-state index contributed by atoms with van der Waals surface area (Å²) in [6, 6.07) is 13.6. The third-order valence-corrected chi connectivity index (χ3v) is 3.99. The van der Waals surface area contributed by atoms with Crippen LogP contribution in [0.1, 0.15) is 29.7 Å². The summed E-state index contributed by atoms with van der Waals surface area (Å²) in [7, 11) is 0. The van der Waals surface area contributed by atoms with Crippen molar-refractivity contribution in [1.82, 2.24) is 5.32 Å². The first kappa shape index (κ1) is 16.3. The topological polar surface area (TPSA) is 32.3 Å². The highest BCUT2D eigenvalue weighted by Crippen LogP contribution is 2.26. The van der Waals surface area contributed by atoms with Gasteiger partial charge in [-0.2, -0.15) is 0 Å². The standard InChI is InChI=1S/C17H19Cl2NO/c1-2-12-3-5-13(6-4-12)10-20-11-17(21)15-9-14(18)7-8-16(15)19/h3-9,17,20-21H,2,10-11H2,1H3. The zero-order valence-corrected chi connectivity index (χ0v) is 13.5. The lowest BCUT2D eigenvalue weighted by atomic mass is 10.1. The van der Waals surface area contributed by atoms with Crippen molar-refractivity contribution in [3.63, 3.8) is 0 Å². The van der Waals surface area contributed by atoms with Crippen LogP contribution in [-0.2, 0) is 13.0 Å². The van der Waals surface area contributed by atoms with E-state index < -0.39 is 6.10 Å². The van der Waals surface area contributed by atoms with Gasteiger partial charge in [-0.1, -0.05) is 54.4 Å². The van der Waals surface area contributed by atoms with Gasteiger partial charge in [-0.05, 0) is 35.7 Å². The first-order valence-corrected chi connectivity index (χ1v) is 7.77. The lowest BCUT2D eigenvalue weighted by Gasteiger charge is -2.14. The highest BCUT2D eigenvalue weighted by atomic mass is 35.5. The number of hydrogen-bond acceptors (Lipinski definition) is 2. The Kier molecular flexibility index (Phi) is 6.07. The van der Waals surface area contributed by atoms with Gasteiger partial charge in [-0.25, -0.2) is 0 Å². The average molecular weight is 324 g/mol. The minimum atomic E-state index is -0.675. The van der Waals surface area contributed by atoms with E-state index in [0.29, 0.717) is 28.7 Å². The highest BCUT2D eigenvalue weighted by molar-refractivity contribution is 6.33. The fourth-order valence-corrected chi connectivity index (χ4v) is 2.55. The maximum atomic E-state index is 10.2. The summed E-state index contributed by atoms with van der Waals surface area (Å²) < 4.78 is 0. The van der Waals surface area contributed by atoms with Gasteiger partial charge >= 0.3 is 0 Å². The van der Waals surface area contributed by atoms with Crippen molar-refractivity contribution in [3.05, 3.63) is 69.2 Å².